The zero-order chi connectivity index (χ0) is 9.42. The fourth-order valence-electron chi connectivity index (χ4n) is 1.29. The third-order valence-electron chi connectivity index (χ3n) is 1.97. The van der Waals surface area contributed by atoms with Gasteiger partial charge in [0.1, 0.15) is 5.52 Å². The summed E-state index contributed by atoms with van der Waals surface area (Å²) in [7, 11) is 0. The Balaban J connectivity index is 2.87. The second-order valence-corrected chi connectivity index (χ2v) is 3.57. The Morgan fingerprint density at radius 3 is 3.08 bits per heavy atom. The van der Waals surface area contributed by atoms with Crippen LogP contribution in [0.25, 0.3) is 11.0 Å². The SMILES string of the molecule is CCc1cc(Br)c(F)c2nn[nH]c12. The molecule has 0 radical (unpaired) electrons. The zero-order valence-electron chi connectivity index (χ0n) is 6.93. The standard InChI is InChI=1S/C8H7BrFN3/c1-2-4-3-5(9)6(10)8-7(4)11-13-12-8/h3H,2H2,1H3,(H,11,12,13). The van der Waals surface area contributed by atoms with Gasteiger partial charge in [0.15, 0.2) is 5.82 Å². The maximum atomic E-state index is 13.4. The first-order valence-corrected chi connectivity index (χ1v) is 4.71. The molecular formula is C8H7BrFN3. The minimum absolute atomic E-state index is 0.297. The molecule has 0 saturated heterocycles. The molecule has 0 aliphatic heterocycles. The number of aromatic amines is 1. The number of aromatic nitrogens is 3. The van der Waals surface area contributed by atoms with Gasteiger partial charge in [-0.3, -0.25) is 5.10 Å². The van der Waals surface area contributed by atoms with Gasteiger partial charge in [0.05, 0.1) is 9.99 Å². The van der Waals surface area contributed by atoms with E-state index in [1.54, 1.807) is 6.07 Å². The van der Waals surface area contributed by atoms with Crippen molar-refractivity contribution < 1.29 is 4.39 Å². The van der Waals surface area contributed by atoms with Gasteiger partial charge in [0.2, 0.25) is 0 Å². The first kappa shape index (κ1) is 8.62. The van der Waals surface area contributed by atoms with Crippen LogP contribution < -0.4 is 0 Å². The van der Waals surface area contributed by atoms with Gasteiger partial charge < -0.3 is 0 Å². The van der Waals surface area contributed by atoms with Crippen LogP contribution in [0.5, 0.6) is 0 Å². The highest BCUT2D eigenvalue weighted by molar-refractivity contribution is 9.10. The Morgan fingerprint density at radius 2 is 2.38 bits per heavy atom. The molecule has 3 nitrogen and oxygen atoms in total. The van der Waals surface area contributed by atoms with E-state index in [2.05, 4.69) is 31.3 Å². The second kappa shape index (κ2) is 3.06. The quantitative estimate of drug-likeness (QED) is 0.836. The number of halogens is 2. The largest absolute Gasteiger partial charge is 0.257 e. The molecule has 5 heteroatoms. The van der Waals surface area contributed by atoms with Gasteiger partial charge in [-0.25, -0.2) is 4.39 Å². The topological polar surface area (TPSA) is 41.6 Å². The van der Waals surface area contributed by atoms with Crippen LogP contribution in [0.2, 0.25) is 0 Å². The van der Waals surface area contributed by atoms with Gasteiger partial charge in [-0.1, -0.05) is 12.1 Å². The van der Waals surface area contributed by atoms with E-state index in [0.29, 0.717) is 15.5 Å². The average Bonchev–Trinajstić information content (AvgIpc) is 2.60. The lowest BCUT2D eigenvalue weighted by atomic mass is 10.1. The summed E-state index contributed by atoms with van der Waals surface area (Å²) in [5.74, 6) is -0.360. The first-order valence-electron chi connectivity index (χ1n) is 3.91. The number of hydrogen-bond donors (Lipinski definition) is 1. The van der Waals surface area contributed by atoms with Crippen LogP contribution in [0.3, 0.4) is 0 Å². The van der Waals surface area contributed by atoms with Gasteiger partial charge in [0, 0.05) is 0 Å². The van der Waals surface area contributed by atoms with E-state index in [4.69, 9.17) is 0 Å². The van der Waals surface area contributed by atoms with E-state index in [9.17, 15) is 4.39 Å². The van der Waals surface area contributed by atoms with E-state index in [1.165, 1.54) is 0 Å². The van der Waals surface area contributed by atoms with Crippen molar-refractivity contribution in [2.45, 2.75) is 13.3 Å². The number of H-pyrrole nitrogens is 1. The predicted octanol–water partition coefficient (Wildman–Crippen LogP) is 2.42. The number of aryl methyl sites for hydroxylation is 1. The number of benzene rings is 1. The highest BCUT2D eigenvalue weighted by Crippen LogP contribution is 2.25. The number of rotatable bonds is 1. The smallest absolute Gasteiger partial charge is 0.167 e. The summed E-state index contributed by atoms with van der Waals surface area (Å²) in [5.41, 5.74) is 1.99. The van der Waals surface area contributed by atoms with Crippen molar-refractivity contribution in [2.24, 2.45) is 0 Å². The molecule has 68 valence electrons. The fourth-order valence-corrected chi connectivity index (χ4v) is 1.75. The highest BCUT2D eigenvalue weighted by atomic mass is 79.9. The lowest BCUT2D eigenvalue weighted by Gasteiger charge is -2.00. The Morgan fingerprint density at radius 1 is 1.62 bits per heavy atom. The van der Waals surface area contributed by atoms with Gasteiger partial charge in [-0.15, -0.1) is 5.10 Å². The summed E-state index contributed by atoms with van der Waals surface area (Å²) in [5, 5.41) is 9.94. The Labute approximate surface area is 82.5 Å². The van der Waals surface area contributed by atoms with E-state index in [1.807, 2.05) is 6.92 Å². The molecular weight excluding hydrogens is 237 g/mol. The third kappa shape index (κ3) is 1.23. The lowest BCUT2D eigenvalue weighted by molar-refractivity contribution is 0.629. The molecule has 0 saturated carbocycles. The highest BCUT2D eigenvalue weighted by Gasteiger charge is 2.12. The predicted molar refractivity (Wildman–Crippen MR) is 50.9 cm³/mol. The Bertz CT molecular complexity index is 452. The summed E-state index contributed by atoms with van der Waals surface area (Å²) >= 11 is 3.14. The summed E-state index contributed by atoms with van der Waals surface area (Å²) in [6.45, 7) is 2.00. The molecule has 0 fully saturated rings. The van der Waals surface area contributed by atoms with Crippen LogP contribution in [-0.4, -0.2) is 15.4 Å². The zero-order valence-corrected chi connectivity index (χ0v) is 8.52. The monoisotopic (exact) mass is 243 g/mol. The van der Waals surface area contributed by atoms with Gasteiger partial charge in [-0.2, -0.15) is 0 Å². The van der Waals surface area contributed by atoms with Crippen LogP contribution in [0.4, 0.5) is 4.39 Å². The van der Waals surface area contributed by atoms with Crippen molar-refractivity contribution in [2.75, 3.05) is 0 Å². The first-order chi connectivity index (χ1) is 6.24. The fraction of sp³-hybridized carbons (Fsp3) is 0.250. The van der Waals surface area contributed by atoms with Crippen molar-refractivity contribution in [1.29, 1.82) is 0 Å². The van der Waals surface area contributed by atoms with Crippen molar-refractivity contribution >= 4 is 27.0 Å². The van der Waals surface area contributed by atoms with Crippen LogP contribution in [-0.2, 0) is 6.42 Å². The normalized spacial score (nSPS) is 11.0. The molecule has 1 aromatic carbocycles. The molecule has 0 aliphatic carbocycles. The van der Waals surface area contributed by atoms with Gasteiger partial charge in [-0.05, 0) is 34.0 Å². The number of hydrogen-bond acceptors (Lipinski definition) is 2. The molecule has 1 heterocycles. The molecule has 1 N–H and O–H groups in total. The maximum Gasteiger partial charge on any atom is 0.167 e. The molecule has 0 spiro atoms. The number of fused-ring (bicyclic) bond motifs is 1. The molecule has 0 atom stereocenters. The molecule has 1 aromatic heterocycles. The van der Waals surface area contributed by atoms with Crippen LogP contribution in [0.1, 0.15) is 12.5 Å². The molecule has 2 rings (SSSR count). The molecule has 13 heavy (non-hydrogen) atoms. The van der Waals surface area contributed by atoms with E-state index < -0.39 is 0 Å². The molecule has 0 unspecified atom stereocenters. The van der Waals surface area contributed by atoms with Crippen molar-refractivity contribution in [3.63, 3.8) is 0 Å². The van der Waals surface area contributed by atoms with Crippen LogP contribution in [0, 0.1) is 5.82 Å². The van der Waals surface area contributed by atoms with Crippen molar-refractivity contribution in [1.82, 2.24) is 15.4 Å². The summed E-state index contributed by atoms with van der Waals surface area (Å²) < 4.78 is 13.8. The molecule has 0 amide bonds. The van der Waals surface area contributed by atoms with Crippen molar-refractivity contribution in [3.05, 3.63) is 21.9 Å². The van der Waals surface area contributed by atoms with E-state index >= 15 is 0 Å². The van der Waals surface area contributed by atoms with Crippen LogP contribution in [0.15, 0.2) is 10.5 Å². The molecule has 2 aromatic rings. The Hall–Kier alpha value is -0.970. The van der Waals surface area contributed by atoms with Crippen molar-refractivity contribution in [3.8, 4) is 0 Å². The van der Waals surface area contributed by atoms with Gasteiger partial charge >= 0.3 is 0 Å². The number of nitrogens with one attached hydrogen (secondary N) is 1. The minimum atomic E-state index is -0.360. The lowest BCUT2D eigenvalue weighted by Crippen LogP contribution is -1.88. The summed E-state index contributed by atoms with van der Waals surface area (Å²) in [4.78, 5) is 0. The van der Waals surface area contributed by atoms with E-state index in [0.717, 1.165) is 12.0 Å². The Kier molecular flexibility index (Phi) is 2.03. The number of nitrogens with zero attached hydrogens (tertiary/aromatic N) is 2. The van der Waals surface area contributed by atoms with Gasteiger partial charge in [0.25, 0.3) is 0 Å². The molecule has 0 bridgehead atoms. The maximum absolute atomic E-state index is 13.4. The second-order valence-electron chi connectivity index (χ2n) is 2.72. The third-order valence-corrected chi connectivity index (χ3v) is 2.55. The molecule has 0 aliphatic rings. The summed E-state index contributed by atoms with van der Waals surface area (Å²) in [6, 6.07) is 1.75. The van der Waals surface area contributed by atoms with E-state index in [-0.39, 0.29) is 5.82 Å². The van der Waals surface area contributed by atoms with Crippen LogP contribution >= 0.6 is 15.9 Å². The minimum Gasteiger partial charge on any atom is -0.257 e. The average molecular weight is 244 g/mol. The summed E-state index contributed by atoms with van der Waals surface area (Å²) in [6.07, 6.45) is 0.819.